The van der Waals surface area contributed by atoms with Gasteiger partial charge in [-0.25, -0.2) is 0 Å². The molecule has 250 valence electrons. The van der Waals surface area contributed by atoms with Gasteiger partial charge in [-0.15, -0.1) is 0 Å². The van der Waals surface area contributed by atoms with Crippen molar-refractivity contribution in [1.29, 1.82) is 5.41 Å². The fourth-order valence-electron chi connectivity index (χ4n) is 7.26. The van der Waals surface area contributed by atoms with Crippen LogP contribution in [0.2, 0.25) is 0 Å². The molecule has 5 nitrogen and oxygen atoms in total. The van der Waals surface area contributed by atoms with Crippen molar-refractivity contribution >= 4 is 49.8 Å². The van der Waals surface area contributed by atoms with Gasteiger partial charge in [-0.2, -0.15) is 5.10 Å². The van der Waals surface area contributed by atoms with Gasteiger partial charge in [0.25, 0.3) is 0 Å². The van der Waals surface area contributed by atoms with Crippen molar-refractivity contribution in [2.75, 3.05) is 5.43 Å². The van der Waals surface area contributed by atoms with Crippen LogP contribution >= 0.6 is 0 Å². The SMILES string of the molecule is N=C1C(c2cccc(-c3cccnc3)c2)=CC=C(c2cccc(-c3cccnc3)c2)/C1=N/Nc1c2ccccc2c(-c2ccccc2)c2ccccc12. The summed E-state index contributed by atoms with van der Waals surface area (Å²) in [5, 5.41) is 19.3. The lowest BCUT2D eigenvalue weighted by Crippen LogP contribution is -2.21. The van der Waals surface area contributed by atoms with E-state index < -0.39 is 0 Å². The summed E-state index contributed by atoms with van der Waals surface area (Å²) in [5.41, 5.74) is 15.3. The van der Waals surface area contributed by atoms with E-state index >= 15 is 0 Å². The van der Waals surface area contributed by atoms with Gasteiger partial charge in [0.05, 0.1) is 11.4 Å². The lowest BCUT2D eigenvalue weighted by molar-refractivity contribution is 1.33. The molecule has 1 aliphatic carbocycles. The van der Waals surface area contributed by atoms with Crippen molar-refractivity contribution < 1.29 is 0 Å². The molecule has 2 aromatic heterocycles. The number of aromatic nitrogens is 2. The zero-order valence-corrected chi connectivity index (χ0v) is 28.7. The zero-order chi connectivity index (χ0) is 35.6. The molecular formula is C48H33N5. The van der Waals surface area contributed by atoms with E-state index in [2.05, 4.69) is 143 Å². The molecule has 0 atom stereocenters. The molecule has 53 heavy (non-hydrogen) atoms. The molecule has 6 aromatic carbocycles. The first kappa shape index (κ1) is 31.7. The molecular weight excluding hydrogens is 647 g/mol. The maximum absolute atomic E-state index is 9.75. The number of pyridine rings is 2. The second kappa shape index (κ2) is 13.8. The Labute approximate surface area is 307 Å². The summed E-state index contributed by atoms with van der Waals surface area (Å²) in [6.45, 7) is 0. The van der Waals surface area contributed by atoms with Gasteiger partial charge in [-0.3, -0.25) is 20.8 Å². The first-order chi connectivity index (χ1) is 26.2. The molecule has 0 aliphatic heterocycles. The lowest BCUT2D eigenvalue weighted by Gasteiger charge is -2.21. The lowest BCUT2D eigenvalue weighted by atomic mass is 9.85. The van der Waals surface area contributed by atoms with Crippen molar-refractivity contribution in [2.24, 2.45) is 5.10 Å². The van der Waals surface area contributed by atoms with E-state index in [1.54, 1.807) is 12.4 Å². The number of hydrogen-bond donors (Lipinski definition) is 2. The van der Waals surface area contributed by atoms with Gasteiger partial charge in [0.2, 0.25) is 0 Å². The maximum Gasteiger partial charge on any atom is 0.117 e. The average Bonchev–Trinajstić information content (AvgIpc) is 3.23. The smallest absolute Gasteiger partial charge is 0.117 e. The minimum atomic E-state index is 0.333. The molecule has 0 spiro atoms. The molecule has 0 amide bonds. The number of hydrogen-bond acceptors (Lipinski definition) is 5. The fourth-order valence-corrected chi connectivity index (χ4v) is 7.26. The third-order valence-electron chi connectivity index (χ3n) is 9.79. The molecule has 8 aromatic rings. The molecule has 2 heterocycles. The molecule has 0 bridgehead atoms. The molecule has 9 rings (SSSR count). The van der Waals surface area contributed by atoms with Crippen LogP contribution in [-0.2, 0) is 0 Å². The van der Waals surface area contributed by atoms with Gasteiger partial charge >= 0.3 is 0 Å². The van der Waals surface area contributed by atoms with Crippen LogP contribution in [0.3, 0.4) is 0 Å². The van der Waals surface area contributed by atoms with Gasteiger partial charge in [0.1, 0.15) is 5.71 Å². The normalized spacial score (nSPS) is 13.6. The summed E-state index contributed by atoms with van der Waals surface area (Å²) >= 11 is 0. The number of benzene rings is 6. The van der Waals surface area contributed by atoms with E-state index in [0.29, 0.717) is 11.4 Å². The minimum absolute atomic E-state index is 0.333. The van der Waals surface area contributed by atoms with Crippen LogP contribution in [0, 0.1) is 5.41 Å². The van der Waals surface area contributed by atoms with E-state index in [4.69, 9.17) is 5.10 Å². The Morgan fingerprint density at radius 2 is 0.906 bits per heavy atom. The molecule has 1 aliphatic rings. The Kier molecular flexibility index (Phi) is 8.27. The quantitative estimate of drug-likeness (QED) is 0.100. The van der Waals surface area contributed by atoms with Crippen molar-refractivity contribution in [2.45, 2.75) is 0 Å². The van der Waals surface area contributed by atoms with Crippen LogP contribution in [0.5, 0.6) is 0 Å². The third kappa shape index (κ3) is 6.00. The molecule has 0 saturated carbocycles. The summed E-state index contributed by atoms with van der Waals surface area (Å²) in [4.78, 5) is 8.67. The van der Waals surface area contributed by atoms with Crippen LogP contribution in [0.15, 0.2) is 194 Å². The predicted molar refractivity (Wildman–Crippen MR) is 221 cm³/mol. The van der Waals surface area contributed by atoms with Crippen LogP contribution < -0.4 is 5.43 Å². The number of hydrazone groups is 1. The number of allylic oxidation sites excluding steroid dienone is 4. The van der Waals surface area contributed by atoms with Gasteiger partial charge < -0.3 is 0 Å². The third-order valence-corrected chi connectivity index (χ3v) is 9.79. The molecule has 2 N–H and O–H groups in total. The first-order valence-corrected chi connectivity index (χ1v) is 17.6. The topological polar surface area (TPSA) is 74.0 Å². The summed E-state index contributed by atoms with van der Waals surface area (Å²) in [7, 11) is 0. The summed E-state index contributed by atoms with van der Waals surface area (Å²) in [6.07, 6.45) is 11.4. The number of nitrogens with one attached hydrogen (secondary N) is 2. The molecule has 0 unspecified atom stereocenters. The monoisotopic (exact) mass is 679 g/mol. The van der Waals surface area contributed by atoms with Crippen LogP contribution in [0.4, 0.5) is 5.69 Å². The summed E-state index contributed by atoms with van der Waals surface area (Å²) in [6, 6.07) is 52.1. The molecule has 0 fully saturated rings. The summed E-state index contributed by atoms with van der Waals surface area (Å²) < 4.78 is 0. The van der Waals surface area contributed by atoms with E-state index in [-0.39, 0.29) is 0 Å². The Bertz CT molecular complexity index is 2690. The average molecular weight is 680 g/mol. The Hall–Kier alpha value is -7.24. The highest BCUT2D eigenvalue weighted by molar-refractivity contribution is 6.69. The van der Waals surface area contributed by atoms with Crippen molar-refractivity contribution in [3.8, 4) is 33.4 Å². The molecule has 5 heteroatoms. The van der Waals surface area contributed by atoms with Crippen LogP contribution in [0.1, 0.15) is 11.1 Å². The number of nitrogens with zero attached hydrogens (tertiary/aromatic N) is 3. The molecule has 0 saturated heterocycles. The largest absolute Gasteiger partial charge is 0.298 e. The van der Waals surface area contributed by atoms with E-state index in [9.17, 15) is 5.41 Å². The van der Waals surface area contributed by atoms with Crippen LogP contribution in [0.25, 0.3) is 66.1 Å². The predicted octanol–water partition coefficient (Wildman–Crippen LogP) is 11.8. The second-order valence-corrected chi connectivity index (χ2v) is 13.0. The highest BCUT2D eigenvalue weighted by Crippen LogP contribution is 2.42. The van der Waals surface area contributed by atoms with Crippen molar-refractivity contribution in [1.82, 2.24) is 9.97 Å². The van der Waals surface area contributed by atoms with E-state index in [1.165, 1.54) is 5.56 Å². The van der Waals surface area contributed by atoms with Gasteiger partial charge in [-0.1, -0.05) is 140 Å². The Balaban J connectivity index is 1.21. The summed E-state index contributed by atoms with van der Waals surface area (Å²) in [5.74, 6) is 0. The first-order valence-electron chi connectivity index (χ1n) is 17.6. The highest BCUT2D eigenvalue weighted by atomic mass is 15.3. The van der Waals surface area contributed by atoms with E-state index in [0.717, 1.165) is 77.3 Å². The van der Waals surface area contributed by atoms with E-state index in [1.807, 2.05) is 48.8 Å². The van der Waals surface area contributed by atoms with Crippen molar-refractivity contribution in [3.63, 3.8) is 0 Å². The Morgan fingerprint density at radius 1 is 0.434 bits per heavy atom. The molecule has 0 radical (unpaired) electrons. The van der Waals surface area contributed by atoms with Crippen LogP contribution in [-0.4, -0.2) is 21.4 Å². The fraction of sp³-hybridized carbons (Fsp3) is 0. The zero-order valence-electron chi connectivity index (χ0n) is 28.7. The van der Waals surface area contributed by atoms with Crippen molar-refractivity contribution in [3.05, 3.63) is 200 Å². The number of rotatable bonds is 7. The standard InChI is InChI=1S/C48H33N5/c49-46-39(35-16-8-14-33(28-35)37-18-10-26-50-30-37)24-25-40(36-17-9-15-34(29-36)38-19-11-27-51-31-38)48(46)53-52-47-43-22-6-4-20-41(43)45(32-12-2-1-3-13-32)42-21-5-7-23-44(42)47/h1-31,49,52H/b49-46?,53-48-. The Morgan fingerprint density at radius 3 is 1.47 bits per heavy atom. The van der Waals surface area contributed by atoms with Gasteiger partial charge in [0, 0.05) is 57.8 Å². The second-order valence-electron chi connectivity index (χ2n) is 13.0. The minimum Gasteiger partial charge on any atom is -0.298 e. The highest BCUT2D eigenvalue weighted by Gasteiger charge is 2.24. The maximum atomic E-state index is 9.75. The van der Waals surface area contributed by atoms with Gasteiger partial charge in [-0.05, 0) is 68.4 Å². The number of fused-ring (bicyclic) bond motifs is 2. The van der Waals surface area contributed by atoms with Gasteiger partial charge in [0.15, 0.2) is 0 Å². The number of anilines is 1.